The molecule has 1 atom stereocenters. The number of rotatable bonds is 4. The van der Waals surface area contributed by atoms with Crippen LogP contribution >= 0.6 is 0 Å². The Hall–Kier alpha value is -2.04. The topological polar surface area (TPSA) is 66.8 Å². The smallest absolute Gasteiger partial charge is 0.261 e. The van der Waals surface area contributed by atoms with Gasteiger partial charge >= 0.3 is 0 Å². The summed E-state index contributed by atoms with van der Waals surface area (Å²) in [7, 11) is 0. The van der Waals surface area contributed by atoms with Crippen LogP contribution in [0.4, 0.5) is 0 Å². The monoisotopic (exact) mass is 232 g/mol. The van der Waals surface area contributed by atoms with Gasteiger partial charge < -0.3 is 0 Å². The molecule has 17 heavy (non-hydrogen) atoms. The Bertz CT molecular complexity index is 449. The van der Waals surface area contributed by atoms with Crippen LogP contribution in [0.2, 0.25) is 0 Å². The molecule has 0 aromatic heterocycles. The molecule has 5 nitrogen and oxygen atoms in total. The molecule has 2 rings (SSSR count). The molecule has 1 aliphatic heterocycles. The standard InChI is InChI=1S/C12H12N2O3/c1-8(13-17)6-7-14-11(15)9-4-2-3-5-10(9)12(14)16/h2-5,8H,6-7H2,1H3. The fourth-order valence-corrected chi connectivity index (χ4v) is 1.81. The maximum Gasteiger partial charge on any atom is 0.261 e. The van der Waals surface area contributed by atoms with Gasteiger partial charge in [0.25, 0.3) is 11.8 Å². The average molecular weight is 232 g/mol. The summed E-state index contributed by atoms with van der Waals surface area (Å²) >= 11 is 0. The maximum atomic E-state index is 11.9. The summed E-state index contributed by atoms with van der Waals surface area (Å²) in [6.07, 6.45) is 0.398. The third-order valence-electron chi connectivity index (χ3n) is 2.83. The lowest BCUT2D eigenvalue weighted by Gasteiger charge is -2.13. The molecule has 1 aromatic rings. The van der Waals surface area contributed by atoms with Crippen molar-refractivity contribution in [1.82, 2.24) is 4.90 Å². The van der Waals surface area contributed by atoms with Gasteiger partial charge in [0.2, 0.25) is 0 Å². The van der Waals surface area contributed by atoms with E-state index in [9.17, 15) is 14.5 Å². The highest BCUT2D eigenvalue weighted by Crippen LogP contribution is 2.22. The highest BCUT2D eigenvalue weighted by molar-refractivity contribution is 6.21. The molecular weight excluding hydrogens is 220 g/mol. The Morgan fingerprint density at radius 3 is 2.18 bits per heavy atom. The number of nitrogens with zero attached hydrogens (tertiary/aromatic N) is 2. The minimum absolute atomic E-state index is 0.235. The van der Waals surface area contributed by atoms with E-state index < -0.39 is 0 Å². The lowest BCUT2D eigenvalue weighted by Crippen LogP contribution is -2.31. The van der Waals surface area contributed by atoms with Gasteiger partial charge in [-0.1, -0.05) is 17.3 Å². The number of hydrogen-bond donors (Lipinski definition) is 0. The second kappa shape index (κ2) is 4.45. The van der Waals surface area contributed by atoms with Crippen molar-refractivity contribution in [3.05, 3.63) is 40.3 Å². The van der Waals surface area contributed by atoms with Crippen molar-refractivity contribution in [3.8, 4) is 0 Å². The maximum absolute atomic E-state index is 11.9. The molecule has 2 amide bonds. The number of hydrogen-bond acceptors (Lipinski definition) is 4. The van der Waals surface area contributed by atoms with E-state index >= 15 is 0 Å². The van der Waals surface area contributed by atoms with Gasteiger partial charge in [0, 0.05) is 6.54 Å². The molecule has 0 fully saturated rings. The Morgan fingerprint density at radius 2 is 1.71 bits per heavy atom. The minimum atomic E-state index is -0.390. The van der Waals surface area contributed by atoms with Gasteiger partial charge in [-0.05, 0) is 25.5 Å². The van der Waals surface area contributed by atoms with E-state index in [1.807, 2.05) is 0 Å². The summed E-state index contributed by atoms with van der Waals surface area (Å²) in [6, 6.07) is 6.33. The molecule has 1 aliphatic rings. The first-order valence-electron chi connectivity index (χ1n) is 5.43. The predicted molar refractivity (Wildman–Crippen MR) is 61.7 cm³/mol. The van der Waals surface area contributed by atoms with Crippen LogP contribution in [0.5, 0.6) is 0 Å². The van der Waals surface area contributed by atoms with Gasteiger partial charge in [0.1, 0.15) is 0 Å². The van der Waals surface area contributed by atoms with Gasteiger partial charge in [-0.3, -0.25) is 14.5 Å². The van der Waals surface area contributed by atoms with E-state index in [1.54, 1.807) is 31.2 Å². The molecular formula is C12H12N2O3. The number of benzene rings is 1. The molecule has 1 aromatic carbocycles. The Morgan fingerprint density at radius 1 is 1.18 bits per heavy atom. The minimum Gasteiger partial charge on any atom is -0.274 e. The second-order valence-corrected chi connectivity index (χ2v) is 4.05. The van der Waals surface area contributed by atoms with Crippen LogP contribution in [0.25, 0.3) is 0 Å². The molecule has 0 saturated heterocycles. The zero-order chi connectivity index (χ0) is 12.4. The fraction of sp³-hybridized carbons (Fsp3) is 0.333. The van der Waals surface area contributed by atoms with E-state index in [0.717, 1.165) is 0 Å². The zero-order valence-electron chi connectivity index (χ0n) is 9.42. The third kappa shape index (κ3) is 1.95. The Balaban J connectivity index is 2.16. The van der Waals surface area contributed by atoms with Crippen molar-refractivity contribution in [3.63, 3.8) is 0 Å². The summed E-state index contributed by atoms with van der Waals surface area (Å²) in [5.41, 5.74) is 0.869. The third-order valence-corrected chi connectivity index (χ3v) is 2.83. The first kappa shape index (κ1) is 11.4. The molecule has 0 radical (unpaired) electrons. The lowest BCUT2D eigenvalue weighted by atomic mass is 10.1. The fourth-order valence-electron chi connectivity index (χ4n) is 1.81. The zero-order valence-corrected chi connectivity index (χ0v) is 9.42. The second-order valence-electron chi connectivity index (χ2n) is 4.05. The van der Waals surface area contributed by atoms with E-state index in [-0.39, 0.29) is 24.4 Å². The van der Waals surface area contributed by atoms with E-state index in [2.05, 4.69) is 5.18 Å². The molecule has 1 unspecified atom stereocenters. The van der Waals surface area contributed by atoms with Crippen molar-refractivity contribution >= 4 is 11.8 Å². The van der Waals surface area contributed by atoms with E-state index in [4.69, 9.17) is 0 Å². The van der Waals surface area contributed by atoms with Crippen LogP contribution in [-0.2, 0) is 0 Å². The number of carbonyl (C=O) groups excluding carboxylic acids is 2. The van der Waals surface area contributed by atoms with Crippen LogP contribution in [0, 0.1) is 4.91 Å². The van der Waals surface area contributed by atoms with E-state index in [1.165, 1.54) is 4.90 Å². The van der Waals surface area contributed by atoms with Gasteiger partial charge in [-0.15, -0.1) is 0 Å². The molecule has 0 aliphatic carbocycles. The number of fused-ring (bicyclic) bond motifs is 1. The van der Waals surface area contributed by atoms with Crippen molar-refractivity contribution < 1.29 is 9.59 Å². The van der Waals surface area contributed by atoms with Crippen molar-refractivity contribution in [2.75, 3.05) is 6.54 Å². The van der Waals surface area contributed by atoms with Gasteiger partial charge in [-0.25, -0.2) is 0 Å². The quantitative estimate of drug-likeness (QED) is 0.587. The molecule has 5 heteroatoms. The van der Waals surface area contributed by atoms with E-state index in [0.29, 0.717) is 17.5 Å². The van der Waals surface area contributed by atoms with Crippen LogP contribution < -0.4 is 0 Å². The number of amides is 2. The molecule has 0 spiro atoms. The molecule has 1 heterocycles. The Labute approximate surface area is 98.4 Å². The van der Waals surface area contributed by atoms with Gasteiger partial charge in [0.15, 0.2) is 0 Å². The summed E-state index contributed by atoms with van der Waals surface area (Å²) < 4.78 is 0. The Kier molecular flexibility index (Phi) is 2.99. The largest absolute Gasteiger partial charge is 0.274 e. The van der Waals surface area contributed by atoms with Crippen molar-refractivity contribution in [2.45, 2.75) is 19.4 Å². The summed E-state index contributed by atoms with van der Waals surface area (Å²) in [5.74, 6) is -0.576. The molecule has 0 saturated carbocycles. The van der Waals surface area contributed by atoms with Crippen LogP contribution in [0.15, 0.2) is 29.4 Å². The van der Waals surface area contributed by atoms with Crippen LogP contribution in [-0.4, -0.2) is 29.3 Å². The lowest BCUT2D eigenvalue weighted by molar-refractivity contribution is 0.0651. The van der Waals surface area contributed by atoms with Gasteiger partial charge in [-0.2, -0.15) is 4.91 Å². The predicted octanol–water partition coefficient (Wildman–Crippen LogP) is 1.83. The molecule has 88 valence electrons. The van der Waals surface area contributed by atoms with Crippen molar-refractivity contribution in [1.29, 1.82) is 0 Å². The van der Waals surface area contributed by atoms with Crippen LogP contribution in [0.3, 0.4) is 0 Å². The number of imide groups is 1. The first-order valence-corrected chi connectivity index (χ1v) is 5.43. The average Bonchev–Trinajstić information content (AvgIpc) is 2.60. The van der Waals surface area contributed by atoms with Crippen LogP contribution in [0.1, 0.15) is 34.1 Å². The van der Waals surface area contributed by atoms with Gasteiger partial charge in [0.05, 0.1) is 17.2 Å². The first-order chi connectivity index (χ1) is 8.15. The summed E-state index contributed by atoms with van der Waals surface area (Å²) in [4.78, 5) is 35.2. The van der Waals surface area contributed by atoms with Crippen molar-refractivity contribution in [2.24, 2.45) is 5.18 Å². The summed E-state index contributed by atoms with van der Waals surface area (Å²) in [5, 5.41) is 2.85. The highest BCUT2D eigenvalue weighted by Gasteiger charge is 2.34. The highest BCUT2D eigenvalue weighted by atomic mass is 16.3. The normalized spacial score (nSPS) is 15.9. The summed E-state index contributed by atoms with van der Waals surface area (Å²) in [6.45, 7) is 1.89. The molecule has 0 N–H and O–H groups in total. The SMILES string of the molecule is CC(CCN1C(=O)c2ccccc2C1=O)N=O. The molecule has 0 bridgehead atoms. The number of nitroso groups, excluding NO2 is 1. The number of carbonyl (C=O) groups is 2.